The van der Waals surface area contributed by atoms with Crippen molar-refractivity contribution in [3.8, 4) is 0 Å². The number of hydrogen-bond donors (Lipinski definition) is 0. The van der Waals surface area contributed by atoms with Gasteiger partial charge >= 0.3 is 11.9 Å². The third kappa shape index (κ3) is 4.98. The molecule has 38 heavy (non-hydrogen) atoms. The van der Waals surface area contributed by atoms with Gasteiger partial charge in [0, 0.05) is 11.8 Å². The molecular formula is C34H58O4. The molecule has 0 aromatic heterocycles. The molecule has 8 fully saturated rings. The fourth-order valence-electron chi connectivity index (χ4n) is 10.3. The smallest absolute Gasteiger partial charge is 0.312 e. The van der Waals surface area contributed by atoms with E-state index in [1.54, 1.807) is 0 Å². The minimum Gasteiger partial charge on any atom is -0.459 e. The standard InChI is InChI=1S/C30H46O4.2C2H6/c1-6-26(2,3)24(31)34-30-16-22-10-23(17-30)12-28(11-22,18-30)25(32)33-27(4,5)29-13-19-7-20(14-29)9-21(8-19)15-29;2*1-2/h19-23H,6-18H2,1-5H3;2*1-2H3. The molecule has 2 unspecified atom stereocenters. The van der Waals surface area contributed by atoms with Gasteiger partial charge in [-0.15, -0.1) is 0 Å². The van der Waals surface area contributed by atoms with E-state index in [-0.39, 0.29) is 17.4 Å². The first-order valence-electron chi connectivity index (χ1n) is 16.3. The van der Waals surface area contributed by atoms with Gasteiger partial charge in [0.25, 0.3) is 0 Å². The van der Waals surface area contributed by atoms with Gasteiger partial charge in [0.2, 0.25) is 0 Å². The Kier molecular flexibility index (Phi) is 8.19. The summed E-state index contributed by atoms with van der Waals surface area (Å²) in [5, 5.41) is 0. The zero-order chi connectivity index (χ0) is 28.1. The second-order valence-corrected chi connectivity index (χ2v) is 15.1. The van der Waals surface area contributed by atoms with Crippen molar-refractivity contribution in [3.63, 3.8) is 0 Å². The average Bonchev–Trinajstić information content (AvgIpc) is 2.84. The Morgan fingerprint density at radius 2 is 1.16 bits per heavy atom. The van der Waals surface area contributed by atoms with E-state index in [2.05, 4.69) is 13.8 Å². The molecule has 8 rings (SSSR count). The van der Waals surface area contributed by atoms with E-state index >= 15 is 0 Å². The van der Waals surface area contributed by atoms with Crippen molar-refractivity contribution in [2.45, 2.75) is 157 Å². The van der Waals surface area contributed by atoms with Gasteiger partial charge in [-0.2, -0.15) is 0 Å². The lowest BCUT2D eigenvalue weighted by Gasteiger charge is -2.63. The van der Waals surface area contributed by atoms with Crippen LogP contribution in [0.1, 0.15) is 146 Å². The molecule has 4 nitrogen and oxygen atoms in total. The predicted octanol–water partition coefficient (Wildman–Crippen LogP) is 8.90. The summed E-state index contributed by atoms with van der Waals surface area (Å²) >= 11 is 0. The minimum atomic E-state index is -0.475. The van der Waals surface area contributed by atoms with Gasteiger partial charge < -0.3 is 9.47 Å². The fraction of sp³-hybridized carbons (Fsp3) is 0.941. The Morgan fingerprint density at radius 1 is 0.711 bits per heavy atom. The molecule has 8 bridgehead atoms. The third-order valence-corrected chi connectivity index (χ3v) is 11.8. The molecule has 2 atom stereocenters. The maximum absolute atomic E-state index is 14.1. The van der Waals surface area contributed by atoms with Gasteiger partial charge in [-0.25, -0.2) is 0 Å². The highest BCUT2D eigenvalue weighted by Gasteiger charge is 2.65. The maximum atomic E-state index is 14.1. The zero-order valence-corrected chi connectivity index (χ0v) is 26.2. The first kappa shape index (κ1) is 29.9. The van der Waals surface area contributed by atoms with Crippen molar-refractivity contribution < 1.29 is 19.1 Å². The van der Waals surface area contributed by atoms with Crippen LogP contribution in [-0.4, -0.2) is 23.1 Å². The van der Waals surface area contributed by atoms with Crippen LogP contribution in [0.5, 0.6) is 0 Å². The summed E-state index contributed by atoms with van der Waals surface area (Å²) in [6.07, 6.45) is 14.3. The van der Waals surface area contributed by atoms with Crippen LogP contribution in [0.3, 0.4) is 0 Å². The summed E-state index contributed by atoms with van der Waals surface area (Å²) in [4.78, 5) is 27.2. The van der Waals surface area contributed by atoms with Crippen LogP contribution in [0.4, 0.5) is 0 Å². The highest BCUT2D eigenvalue weighted by atomic mass is 16.6. The quantitative estimate of drug-likeness (QED) is 0.322. The topological polar surface area (TPSA) is 52.6 Å². The molecule has 0 amide bonds. The average molecular weight is 531 g/mol. The molecule has 0 heterocycles. The Bertz CT molecular complexity index is 834. The highest BCUT2D eigenvalue weighted by Crippen LogP contribution is 2.66. The number of carbonyl (C=O) groups is 2. The Labute approximate surface area is 233 Å². The summed E-state index contributed by atoms with van der Waals surface area (Å²) in [7, 11) is 0. The van der Waals surface area contributed by atoms with E-state index in [0.29, 0.717) is 18.3 Å². The van der Waals surface area contributed by atoms with E-state index in [9.17, 15) is 9.59 Å². The van der Waals surface area contributed by atoms with E-state index in [4.69, 9.17) is 9.47 Å². The lowest BCUT2D eigenvalue weighted by Crippen LogP contribution is -2.62. The van der Waals surface area contributed by atoms with Crippen molar-refractivity contribution in [2.75, 3.05) is 0 Å². The Morgan fingerprint density at radius 3 is 1.61 bits per heavy atom. The summed E-state index contributed by atoms with van der Waals surface area (Å²) in [5.41, 5.74) is -1.65. The molecule has 218 valence electrons. The summed E-state index contributed by atoms with van der Waals surface area (Å²) in [6.45, 7) is 18.4. The van der Waals surface area contributed by atoms with Gasteiger partial charge in [-0.3, -0.25) is 9.59 Å². The number of esters is 2. The van der Waals surface area contributed by atoms with Crippen molar-refractivity contribution in [2.24, 2.45) is 45.8 Å². The second kappa shape index (κ2) is 10.4. The zero-order valence-electron chi connectivity index (χ0n) is 26.2. The van der Waals surface area contributed by atoms with Gasteiger partial charge in [0.05, 0.1) is 10.8 Å². The van der Waals surface area contributed by atoms with Crippen LogP contribution >= 0.6 is 0 Å². The van der Waals surface area contributed by atoms with Crippen molar-refractivity contribution in [1.29, 1.82) is 0 Å². The largest absolute Gasteiger partial charge is 0.459 e. The minimum absolute atomic E-state index is 0.0255. The van der Waals surface area contributed by atoms with Crippen LogP contribution in [0.2, 0.25) is 0 Å². The molecule has 0 spiro atoms. The highest BCUT2D eigenvalue weighted by molar-refractivity contribution is 5.79. The van der Waals surface area contributed by atoms with Crippen LogP contribution in [-0.2, 0) is 19.1 Å². The maximum Gasteiger partial charge on any atom is 0.312 e. The first-order valence-corrected chi connectivity index (χ1v) is 16.3. The number of carbonyl (C=O) groups excluding carboxylic acids is 2. The van der Waals surface area contributed by atoms with Gasteiger partial charge in [-0.1, -0.05) is 34.6 Å². The van der Waals surface area contributed by atoms with Crippen molar-refractivity contribution in [1.82, 2.24) is 0 Å². The summed E-state index contributed by atoms with van der Waals surface area (Å²) < 4.78 is 13.0. The Hall–Kier alpha value is -1.06. The van der Waals surface area contributed by atoms with Gasteiger partial charge in [0.15, 0.2) is 0 Å². The predicted molar refractivity (Wildman–Crippen MR) is 153 cm³/mol. The Balaban J connectivity index is 0.000000804. The van der Waals surface area contributed by atoms with E-state index < -0.39 is 22.0 Å². The van der Waals surface area contributed by atoms with E-state index in [1.165, 1.54) is 44.9 Å². The van der Waals surface area contributed by atoms with Crippen LogP contribution in [0, 0.1) is 45.8 Å². The lowest BCUT2D eigenvalue weighted by molar-refractivity contribution is -0.235. The summed E-state index contributed by atoms with van der Waals surface area (Å²) in [6, 6.07) is 0. The monoisotopic (exact) mass is 530 g/mol. The number of hydrogen-bond acceptors (Lipinski definition) is 4. The molecular weight excluding hydrogens is 472 g/mol. The fourth-order valence-corrected chi connectivity index (χ4v) is 10.3. The van der Waals surface area contributed by atoms with Crippen LogP contribution in [0.15, 0.2) is 0 Å². The number of ether oxygens (including phenoxy) is 2. The van der Waals surface area contributed by atoms with Gasteiger partial charge in [-0.05, 0) is 134 Å². The normalized spacial score (nSPS) is 42.0. The molecule has 8 aliphatic rings. The second-order valence-electron chi connectivity index (χ2n) is 15.1. The third-order valence-electron chi connectivity index (χ3n) is 11.8. The molecule has 0 aromatic rings. The molecule has 8 aliphatic carbocycles. The lowest BCUT2D eigenvalue weighted by atomic mass is 9.45. The molecule has 0 radical (unpaired) electrons. The van der Waals surface area contributed by atoms with Crippen molar-refractivity contribution in [3.05, 3.63) is 0 Å². The molecule has 8 saturated carbocycles. The molecule has 0 aliphatic heterocycles. The van der Waals surface area contributed by atoms with Gasteiger partial charge in [0.1, 0.15) is 11.2 Å². The molecule has 4 heteroatoms. The summed E-state index contributed by atoms with van der Waals surface area (Å²) in [5.74, 6) is 3.42. The molecule has 0 N–H and O–H groups in total. The molecule has 0 aromatic carbocycles. The SMILES string of the molecule is CC.CC.CCC(C)(C)C(=O)OC12CC3CC(C1)CC(C(=O)OC(C)(C)C14CC5CC(CC(C5)C1)C4)(C3)C2. The number of rotatable bonds is 6. The van der Waals surface area contributed by atoms with Crippen molar-refractivity contribution >= 4 is 11.9 Å². The van der Waals surface area contributed by atoms with Crippen LogP contribution < -0.4 is 0 Å². The first-order chi connectivity index (χ1) is 17.9. The van der Waals surface area contributed by atoms with E-state index in [0.717, 1.165) is 49.9 Å². The van der Waals surface area contributed by atoms with E-state index in [1.807, 2.05) is 48.5 Å². The van der Waals surface area contributed by atoms with Crippen LogP contribution in [0.25, 0.3) is 0 Å². The molecule has 0 saturated heterocycles.